The summed E-state index contributed by atoms with van der Waals surface area (Å²) in [5.41, 5.74) is 0.113. The summed E-state index contributed by atoms with van der Waals surface area (Å²) in [6.07, 6.45) is 4.40. The zero-order chi connectivity index (χ0) is 14.3. The number of phenols is 2. The second-order valence-corrected chi connectivity index (χ2v) is 5.17. The number of carbonyl (C=O) groups is 1. The third-order valence-corrected chi connectivity index (χ3v) is 3.00. The van der Waals surface area contributed by atoms with Gasteiger partial charge in [0.15, 0.2) is 11.5 Å². The molecule has 0 radical (unpaired) electrons. The van der Waals surface area contributed by atoms with Crippen molar-refractivity contribution in [2.24, 2.45) is 5.92 Å². The van der Waals surface area contributed by atoms with E-state index < -0.39 is 0 Å². The van der Waals surface area contributed by atoms with E-state index >= 15 is 0 Å². The molecule has 1 rings (SSSR count). The molecule has 106 valence electrons. The Morgan fingerprint density at radius 2 is 1.95 bits per heavy atom. The topological polar surface area (TPSA) is 69.6 Å². The average molecular weight is 265 g/mol. The fourth-order valence-corrected chi connectivity index (χ4v) is 1.87. The van der Waals surface area contributed by atoms with Gasteiger partial charge in [0.1, 0.15) is 0 Å². The zero-order valence-corrected chi connectivity index (χ0v) is 11.6. The molecular formula is C15H23NO3. The predicted molar refractivity (Wildman–Crippen MR) is 75.4 cm³/mol. The number of hydrogen-bond donors (Lipinski definition) is 3. The maximum atomic E-state index is 11.8. The Kier molecular flexibility index (Phi) is 6.19. The van der Waals surface area contributed by atoms with E-state index in [1.54, 1.807) is 0 Å². The van der Waals surface area contributed by atoms with Crippen LogP contribution < -0.4 is 5.32 Å². The Labute approximate surface area is 114 Å². The van der Waals surface area contributed by atoms with Gasteiger partial charge in [-0.05, 0) is 24.5 Å². The fraction of sp³-hybridized carbons (Fsp3) is 0.533. The van der Waals surface area contributed by atoms with E-state index in [0.29, 0.717) is 6.54 Å². The Hall–Kier alpha value is -1.71. The third kappa shape index (κ3) is 5.20. The van der Waals surface area contributed by atoms with Gasteiger partial charge in [0.2, 0.25) is 0 Å². The number of aromatic hydroxyl groups is 2. The van der Waals surface area contributed by atoms with Crippen LogP contribution in [-0.4, -0.2) is 22.7 Å². The maximum Gasteiger partial charge on any atom is 0.255 e. The molecule has 4 heteroatoms. The van der Waals surface area contributed by atoms with Crippen LogP contribution in [0.3, 0.4) is 0 Å². The number of nitrogens with one attached hydrogen (secondary N) is 1. The Bertz CT molecular complexity index is 416. The van der Waals surface area contributed by atoms with Crippen molar-refractivity contribution in [3.05, 3.63) is 23.8 Å². The van der Waals surface area contributed by atoms with Crippen LogP contribution in [0.5, 0.6) is 11.5 Å². The summed E-state index contributed by atoms with van der Waals surface area (Å²) in [7, 11) is 0. The normalized spacial score (nSPS) is 10.7. The lowest BCUT2D eigenvalue weighted by Crippen LogP contribution is -2.24. The summed E-state index contributed by atoms with van der Waals surface area (Å²) in [5, 5.41) is 21.6. The monoisotopic (exact) mass is 265 g/mol. The SMILES string of the molecule is CC(C)CCCCCNC(=O)c1cccc(O)c1O. The lowest BCUT2D eigenvalue weighted by Gasteiger charge is -2.08. The number of benzene rings is 1. The number of amides is 1. The van der Waals surface area contributed by atoms with Gasteiger partial charge in [-0.2, -0.15) is 0 Å². The molecule has 0 saturated carbocycles. The molecule has 0 bridgehead atoms. The molecule has 0 atom stereocenters. The van der Waals surface area contributed by atoms with Crippen LogP contribution in [0.25, 0.3) is 0 Å². The molecule has 19 heavy (non-hydrogen) atoms. The van der Waals surface area contributed by atoms with Crippen LogP contribution in [-0.2, 0) is 0 Å². The van der Waals surface area contributed by atoms with E-state index in [0.717, 1.165) is 18.8 Å². The number of phenolic OH excluding ortho intramolecular Hbond substituents is 2. The highest BCUT2D eigenvalue weighted by atomic mass is 16.3. The van der Waals surface area contributed by atoms with Crippen molar-refractivity contribution in [3.63, 3.8) is 0 Å². The van der Waals surface area contributed by atoms with Gasteiger partial charge in [0.05, 0.1) is 5.56 Å². The largest absolute Gasteiger partial charge is 0.504 e. The number of unbranched alkanes of at least 4 members (excludes halogenated alkanes) is 2. The van der Waals surface area contributed by atoms with Gasteiger partial charge in [-0.15, -0.1) is 0 Å². The molecule has 0 heterocycles. The fourth-order valence-electron chi connectivity index (χ4n) is 1.87. The Balaban J connectivity index is 2.30. The Morgan fingerprint density at radius 1 is 1.21 bits per heavy atom. The molecule has 1 amide bonds. The van der Waals surface area contributed by atoms with Gasteiger partial charge in [0, 0.05) is 6.54 Å². The van der Waals surface area contributed by atoms with E-state index in [1.807, 2.05) is 0 Å². The summed E-state index contributed by atoms with van der Waals surface area (Å²) in [6.45, 7) is 4.99. The maximum absolute atomic E-state index is 11.8. The molecular weight excluding hydrogens is 242 g/mol. The molecule has 1 aromatic rings. The smallest absolute Gasteiger partial charge is 0.255 e. The first-order valence-electron chi connectivity index (χ1n) is 6.81. The van der Waals surface area contributed by atoms with Crippen LogP contribution in [0.15, 0.2) is 18.2 Å². The minimum atomic E-state index is -0.361. The summed E-state index contributed by atoms with van der Waals surface area (Å²) in [5.74, 6) is -0.263. The van der Waals surface area contributed by atoms with E-state index in [-0.39, 0.29) is 23.0 Å². The standard InChI is InChI=1S/C15H23NO3/c1-11(2)7-4-3-5-10-16-15(19)12-8-6-9-13(17)14(12)18/h6,8-9,11,17-18H,3-5,7,10H2,1-2H3,(H,16,19). The molecule has 0 saturated heterocycles. The van der Waals surface area contributed by atoms with E-state index in [9.17, 15) is 15.0 Å². The highest BCUT2D eigenvalue weighted by Crippen LogP contribution is 2.27. The highest BCUT2D eigenvalue weighted by molar-refractivity contribution is 5.97. The van der Waals surface area contributed by atoms with Gasteiger partial charge in [0.25, 0.3) is 5.91 Å². The summed E-state index contributed by atoms with van der Waals surface area (Å²) < 4.78 is 0. The van der Waals surface area contributed by atoms with Crippen molar-refractivity contribution >= 4 is 5.91 Å². The number of para-hydroxylation sites is 1. The van der Waals surface area contributed by atoms with Crippen LogP contribution >= 0.6 is 0 Å². The van der Waals surface area contributed by atoms with Gasteiger partial charge in [-0.1, -0.05) is 39.2 Å². The molecule has 0 unspecified atom stereocenters. The predicted octanol–water partition coefficient (Wildman–Crippen LogP) is 3.04. The summed E-state index contributed by atoms with van der Waals surface area (Å²) in [4.78, 5) is 11.8. The van der Waals surface area contributed by atoms with Gasteiger partial charge in [-0.3, -0.25) is 4.79 Å². The lowest BCUT2D eigenvalue weighted by molar-refractivity contribution is 0.0949. The van der Waals surface area contributed by atoms with Crippen molar-refractivity contribution in [1.82, 2.24) is 5.32 Å². The first-order valence-corrected chi connectivity index (χ1v) is 6.81. The van der Waals surface area contributed by atoms with Crippen LogP contribution in [0, 0.1) is 5.92 Å². The molecule has 4 nitrogen and oxygen atoms in total. The summed E-state index contributed by atoms with van der Waals surface area (Å²) in [6, 6.07) is 4.37. The molecule has 0 fully saturated rings. The average Bonchev–Trinajstić information content (AvgIpc) is 2.36. The molecule has 0 spiro atoms. The van der Waals surface area contributed by atoms with Gasteiger partial charge >= 0.3 is 0 Å². The van der Waals surface area contributed by atoms with Gasteiger partial charge in [-0.25, -0.2) is 0 Å². The van der Waals surface area contributed by atoms with Crippen molar-refractivity contribution in [1.29, 1.82) is 0 Å². The van der Waals surface area contributed by atoms with Crippen LogP contribution in [0.1, 0.15) is 49.9 Å². The highest BCUT2D eigenvalue weighted by Gasteiger charge is 2.12. The van der Waals surface area contributed by atoms with E-state index in [2.05, 4.69) is 19.2 Å². The molecule has 0 aliphatic heterocycles. The quantitative estimate of drug-likeness (QED) is 0.524. The van der Waals surface area contributed by atoms with Crippen molar-refractivity contribution in [3.8, 4) is 11.5 Å². The third-order valence-electron chi connectivity index (χ3n) is 3.00. The molecule has 0 aliphatic rings. The molecule has 3 N–H and O–H groups in total. The minimum absolute atomic E-state index is 0.113. The van der Waals surface area contributed by atoms with E-state index in [1.165, 1.54) is 31.0 Å². The van der Waals surface area contributed by atoms with Crippen molar-refractivity contribution < 1.29 is 15.0 Å². The minimum Gasteiger partial charge on any atom is -0.504 e. The summed E-state index contributed by atoms with van der Waals surface area (Å²) >= 11 is 0. The second-order valence-electron chi connectivity index (χ2n) is 5.17. The lowest BCUT2D eigenvalue weighted by atomic mass is 10.1. The first kappa shape index (κ1) is 15.3. The molecule has 1 aromatic carbocycles. The number of rotatable bonds is 7. The van der Waals surface area contributed by atoms with Crippen molar-refractivity contribution in [2.45, 2.75) is 39.5 Å². The van der Waals surface area contributed by atoms with Crippen LogP contribution in [0.2, 0.25) is 0 Å². The van der Waals surface area contributed by atoms with Crippen molar-refractivity contribution in [2.75, 3.05) is 6.54 Å². The van der Waals surface area contributed by atoms with E-state index in [4.69, 9.17) is 0 Å². The first-order chi connectivity index (χ1) is 9.02. The van der Waals surface area contributed by atoms with Gasteiger partial charge < -0.3 is 15.5 Å². The Morgan fingerprint density at radius 3 is 2.63 bits per heavy atom. The molecule has 0 aromatic heterocycles. The number of carbonyl (C=O) groups excluding carboxylic acids is 1. The van der Waals surface area contributed by atoms with Crippen LogP contribution in [0.4, 0.5) is 0 Å². The number of hydrogen-bond acceptors (Lipinski definition) is 3. The molecule has 0 aliphatic carbocycles. The zero-order valence-electron chi connectivity index (χ0n) is 11.6. The second kappa shape index (κ2) is 7.67.